The molecule has 2 aromatic carbocycles. The molecule has 180 valence electrons. The van der Waals surface area contributed by atoms with Crippen molar-refractivity contribution in [3.63, 3.8) is 0 Å². The number of hydrogen-bond donors (Lipinski definition) is 0. The molecule has 2 aliphatic heterocycles. The van der Waals surface area contributed by atoms with Crippen LogP contribution in [0.2, 0.25) is 5.02 Å². The van der Waals surface area contributed by atoms with Crippen LogP contribution in [0, 0.1) is 22.7 Å². The fraction of sp³-hybridized carbons (Fsp3) is 0.440. The summed E-state index contributed by atoms with van der Waals surface area (Å²) in [6, 6.07) is 12.4. The molecule has 2 saturated heterocycles. The number of piperidine rings is 1. The average Bonchev–Trinajstić information content (AvgIpc) is 3.20. The molecule has 2 fully saturated rings. The molecular formula is C25H25ClF3N3O2. The van der Waals surface area contributed by atoms with Gasteiger partial charge in [-0.15, -0.1) is 0 Å². The van der Waals surface area contributed by atoms with E-state index >= 15 is 0 Å². The van der Waals surface area contributed by atoms with Gasteiger partial charge in [0.15, 0.2) is 0 Å². The molecule has 0 radical (unpaired) electrons. The molecule has 2 heterocycles. The number of carbonyl (C=O) groups is 1. The Labute approximate surface area is 201 Å². The second-order valence-electron chi connectivity index (χ2n) is 8.91. The second kappa shape index (κ2) is 9.47. The molecule has 0 unspecified atom stereocenters. The number of benzene rings is 2. The number of anilines is 1. The zero-order valence-corrected chi connectivity index (χ0v) is 19.5. The third-order valence-corrected chi connectivity index (χ3v) is 7.17. The van der Waals surface area contributed by atoms with Crippen LogP contribution >= 0.6 is 11.6 Å². The zero-order chi connectivity index (χ0) is 24.5. The number of ether oxygens (including phenoxy) is 1. The van der Waals surface area contributed by atoms with Gasteiger partial charge in [-0.1, -0.05) is 23.7 Å². The molecule has 0 aromatic heterocycles. The van der Waals surface area contributed by atoms with Crippen molar-refractivity contribution >= 4 is 23.2 Å². The standard InChI is InChI=1S/C25H25ClF3N3O2/c1-2-34-16-24-14-31(23(33)20-5-3-4-6-22(20)26)10-9-18(24)13-32(15-24)19-8-7-17(12-30)21(11-19)25(27,28)29/h3-8,11,18H,2,9-10,13-16H2,1H3/t18-,24+/m0/s1. The molecule has 0 aliphatic carbocycles. The van der Waals surface area contributed by atoms with Crippen LogP contribution in [0.4, 0.5) is 18.9 Å². The molecule has 0 N–H and O–H groups in total. The molecule has 0 saturated carbocycles. The van der Waals surface area contributed by atoms with Gasteiger partial charge in [0.1, 0.15) is 0 Å². The zero-order valence-electron chi connectivity index (χ0n) is 18.7. The van der Waals surface area contributed by atoms with Gasteiger partial charge in [0.25, 0.3) is 5.91 Å². The minimum Gasteiger partial charge on any atom is -0.381 e. The van der Waals surface area contributed by atoms with Gasteiger partial charge in [-0.3, -0.25) is 4.79 Å². The number of carbonyl (C=O) groups excluding carboxylic acids is 1. The predicted molar refractivity (Wildman–Crippen MR) is 123 cm³/mol. The number of nitriles is 1. The van der Waals surface area contributed by atoms with Gasteiger partial charge in [0, 0.05) is 43.9 Å². The number of amides is 1. The third kappa shape index (κ3) is 4.59. The number of alkyl halides is 3. The van der Waals surface area contributed by atoms with Gasteiger partial charge in [-0.2, -0.15) is 18.4 Å². The summed E-state index contributed by atoms with van der Waals surface area (Å²) in [6.45, 7) is 4.78. The van der Waals surface area contributed by atoms with Crippen LogP contribution in [0.5, 0.6) is 0 Å². The van der Waals surface area contributed by atoms with Crippen LogP contribution < -0.4 is 4.90 Å². The fourth-order valence-corrected chi connectivity index (χ4v) is 5.35. The molecule has 34 heavy (non-hydrogen) atoms. The summed E-state index contributed by atoms with van der Waals surface area (Å²) < 4.78 is 46.4. The highest BCUT2D eigenvalue weighted by Crippen LogP contribution is 2.45. The Morgan fingerprint density at radius 1 is 1.26 bits per heavy atom. The van der Waals surface area contributed by atoms with Crippen LogP contribution in [-0.2, 0) is 10.9 Å². The van der Waals surface area contributed by atoms with E-state index in [1.807, 2.05) is 11.8 Å². The summed E-state index contributed by atoms with van der Waals surface area (Å²) in [5, 5.41) is 9.50. The summed E-state index contributed by atoms with van der Waals surface area (Å²) in [5.74, 6) is -0.00423. The number of hydrogen-bond acceptors (Lipinski definition) is 4. The Kier molecular flexibility index (Phi) is 6.79. The van der Waals surface area contributed by atoms with E-state index in [0.717, 1.165) is 6.07 Å². The lowest BCUT2D eigenvalue weighted by Gasteiger charge is -2.44. The Balaban J connectivity index is 1.62. The van der Waals surface area contributed by atoms with E-state index in [-0.39, 0.29) is 11.8 Å². The van der Waals surface area contributed by atoms with Gasteiger partial charge >= 0.3 is 6.18 Å². The lowest BCUT2D eigenvalue weighted by molar-refractivity contribution is -0.137. The van der Waals surface area contributed by atoms with Crippen molar-refractivity contribution < 1.29 is 22.7 Å². The molecule has 0 spiro atoms. The van der Waals surface area contributed by atoms with Crippen LogP contribution in [0.3, 0.4) is 0 Å². The van der Waals surface area contributed by atoms with Gasteiger partial charge < -0.3 is 14.5 Å². The summed E-state index contributed by atoms with van der Waals surface area (Å²) in [5.41, 5.74) is -0.894. The number of nitrogens with zero attached hydrogens (tertiary/aromatic N) is 3. The van der Waals surface area contributed by atoms with Gasteiger partial charge in [-0.05, 0) is 49.6 Å². The summed E-state index contributed by atoms with van der Waals surface area (Å²) in [4.78, 5) is 16.9. The van der Waals surface area contributed by atoms with Crippen LogP contribution in [0.1, 0.15) is 34.8 Å². The minimum absolute atomic E-state index is 0.152. The van der Waals surface area contributed by atoms with Crippen LogP contribution in [0.15, 0.2) is 42.5 Å². The van der Waals surface area contributed by atoms with E-state index in [9.17, 15) is 18.0 Å². The molecule has 2 aromatic rings. The maximum atomic E-state index is 13.5. The second-order valence-corrected chi connectivity index (χ2v) is 9.32. The van der Waals surface area contributed by atoms with Crippen LogP contribution in [-0.4, -0.2) is 50.2 Å². The maximum absolute atomic E-state index is 13.5. The predicted octanol–water partition coefficient (Wildman–Crippen LogP) is 5.24. The quantitative estimate of drug-likeness (QED) is 0.574. The van der Waals surface area contributed by atoms with E-state index in [1.165, 1.54) is 6.07 Å². The SMILES string of the molecule is CCOC[C@]12CN(C(=O)c3ccccc3Cl)CC[C@H]1CN(c1ccc(C#N)c(C(F)(F)F)c1)C2. The van der Waals surface area contributed by atoms with E-state index in [1.54, 1.807) is 41.3 Å². The topological polar surface area (TPSA) is 56.6 Å². The van der Waals surface area contributed by atoms with E-state index in [4.69, 9.17) is 21.6 Å². The third-order valence-electron chi connectivity index (χ3n) is 6.85. The number of fused-ring (bicyclic) bond motifs is 1. The number of likely N-dealkylation sites (tertiary alicyclic amines) is 1. The molecule has 2 aliphatic rings. The summed E-state index contributed by atoms with van der Waals surface area (Å²) >= 11 is 6.25. The highest BCUT2D eigenvalue weighted by molar-refractivity contribution is 6.33. The normalized spacial score (nSPS) is 22.4. The molecule has 2 atom stereocenters. The molecule has 5 nitrogen and oxygen atoms in total. The van der Waals surface area contributed by atoms with E-state index in [2.05, 4.69) is 0 Å². The monoisotopic (exact) mass is 491 g/mol. The Bertz CT molecular complexity index is 1120. The first-order valence-electron chi connectivity index (χ1n) is 11.2. The molecular weight excluding hydrogens is 467 g/mol. The Hall–Kier alpha value is -2.76. The smallest absolute Gasteiger partial charge is 0.381 e. The Morgan fingerprint density at radius 3 is 2.71 bits per heavy atom. The van der Waals surface area contributed by atoms with Gasteiger partial charge in [0.2, 0.25) is 0 Å². The van der Waals surface area contributed by atoms with Crippen molar-refractivity contribution in [3.05, 3.63) is 64.2 Å². The summed E-state index contributed by atoms with van der Waals surface area (Å²) in [6.07, 6.45) is -3.91. The Morgan fingerprint density at radius 2 is 2.03 bits per heavy atom. The molecule has 0 bridgehead atoms. The average molecular weight is 492 g/mol. The number of halogens is 4. The minimum atomic E-state index is -4.62. The number of rotatable bonds is 5. The lowest BCUT2D eigenvalue weighted by atomic mass is 9.73. The molecule has 1 amide bonds. The highest BCUT2D eigenvalue weighted by atomic mass is 35.5. The molecule has 4 rings (SSSR count). The van der Waals surface area contributed by atoms with Gasteiger partial charge in [0.05, 0.1) is 34.4 Å². The van der Waals surface area contributed by atoms with Crippen molar-refractivity contribution in [1.29, 1.82) is 5.26 Å². The van der Waals surface area contributed by atoms with Crippen molar-refractivity contribution in [2.24, 2.45) is 11.3 Å². The maximum Gasteiger partial charge on any atom is 0.417 e. The van der Waals surface area contributed by atoms with Gasteiger partial charge in [-0.25, -0.2) is 0 Å². The van der Waals surface area contributed by atoms with Crippen LogP contribution in [0.25, 0.3) is 0 Å². The first kappa shape index (κ1) is 24.4. The lowest BCUT2D eigenvalue weighted by Crippen LogP contribution is -2.53. The highest BCUT2D eigenvalue weighted by Gasteiger charge is 2.51. The first-order valence-corrected chi connectivity index (χ1v) is 11.5. The van der Waals surface area contributed by atoms with Crippen molar-refractivity contribution in [1.82, 2.24) is 4.90 Å². The first-order chi connectivity index (χ1) is 16.2. The van der Waals surface area contributed by atoms with E-state index < -0.39 is 22.7 Å². The van der Waals surface area contributed by atoms with Crippen molar-refractivity contribution in [2.75, 3.05) is 44.3 Å². The van der Waals surface area contributed by atoms with E-state index in [0.29, 0.717) is 62.1 Å². The summed E-state index contributed by atoms with van der Waals surface area (Å²) in [7, 11) is 0. The molecule has 9 heteroatoms. The van der Waals surface area contributed by atoms with Crippen molar-refractivity contribution in [3.8, 4) is 6.07 Å². The fourth-order valence-electron chi connectivity index (χ4n) is 5.13. The largest absolute Gasteiger partial charge is 0.417 e. The van der Waals surface area contributed by atoms with Crippen molar-refractivity contribution in [2.45, 2.75) is 19.5 Å².